The molecule has 0 aromatic heterocycles. The monoisotopic (exact) mass is 1460 g/mol. The van der Waals surface area contributed by atoms with E-state index in [0.29, 0.717) is 36.3 Å². The van der Waals surface area contributed by atoms with Gasteiger partial charge < -0.3 is 69.1 Å². The smallest absolute Gasteiger partial charge is 0.329 e. The lowest BCUT2D eigenvalue weighted by molar-refractivity contribution is -0.166. The topological polar surface area (TPSA) is 300 Å². The van der Waals surface area contributed by atoms with Gasteiger partial charge in [-0.25, -0.2) is 4.79 Å². The maximum atomic E-state index is 16.2. The van der Waals surface area contributed by atoms with Crippen LogP contribution in [-0.4, -0.2) is 239 Å². The first-order chi connectivity index (χ1) is 46.8. The summed E-state index contributed by atoms with van der Waals surface area (Å²) in [4.78, 5) is 187. The molecule has 27 heteroatoms. The predicted octanol–water partition coefficient (Wildman–Crippen LogP) is 8.03. The summed E-state index contributed by atoms with van der Waals surface area (Å²) in [7, 11) is 3.20. The van der Waals surface area contributed by atoms with Gasteiger partial charge in [-0.3, -0.25) is 47.9 Å². The largest absolute Gasteiger partial charge is 0.450 e. The maximum Gasteiger partial charge on any atom is 0.329 e. The van der Waals surface area contributed by atoms with Gasteiger partial charge >= 0.3 is 5.97 Å². The van der Waals surface area contributed by atoms with Crippen molar-refractivity contribution in [2.75, 3.05) is 48.8 Å². The van der Waals surface area contributed by atoms with Crippen LogP contribution in [0.15, 0.2) is 0 Å². The summed E-state index contributed by atoms with van der Waals surface area (Å²) < 4.78 is 20.3. The number of amides is 10. The second kappa shape index (κ2) is 42.8. The molecule has 13 atom stereocenters. The van der Waals surface area contributed by atoms with E-state index in [4.69, 9.17) is 13.6 Å². The van der Waals surface area contributed by atoms with Gasteiger partial charge in [0.2, 0.25) is 53.2 Å². The molecule has 25 nitrogen and oxygen atoms in total. The van der Waals surface area contributed by atoms with Gasteiger partial charge in [-0.05, 0) is 130 Å². The van der Waals surface area contributed by atoms with E-state index in [1.807, 2.05) is 111 Å². The molecule has 101 heavy (non-hydrogen) atoms. The van der Waals surface area contributed by atoms with Crippen LogP contribution in [0.2, 0.25) is 36.3 Å². The first-order valence-corrected chi connectivity index (χ1v) is 42.6. The molecule has 582 valence electrons. The van der Waals surface area contributed by atoms with Crippen molar-refractivity contribution in [3.8, 4) is 0 Å². The van der Waals surface area contributed by atoms with Crippen molar-refractivity contribution in [1.29, 1.82) is 0 Å². The van der Waals surface area contributed by atoms with E-state index < -0.39 is 179 Å². The highest BCUT2D eigenvalue weighted by molar-refractivity contribution is 6.74. The molecule has 1 rings (SSSR count). The van der Waals surface area contributed by atoms with Crippen molar-refractivity contribution in [3.63, 3.8) is 0 Å². The minimum absolute atomic E-state index is 0.0849. The molecule has 4 N–H and O–H groups in total. The molecule has 0 aromatic rings. The lowest BCUT2D eigenvalue weighted by Crippen LogP contribution is -2.66. The van der Waals surface area contributed by atoms with Crippen molar-refractivity contribution in [2.24, 2.45) is 47.3 Å². The highest BCUT2D eigenvalue weighted by Crippen LogP contribution is 2.32. The van der Waals surface area contributed by atoms with Gasteiger partial charge in [-0.2, -0.15) is 0 Å². The molecule has 10 amide bonds. The normalized spacial score (nSPS) is 25.0. The highest BCUT2D eigenvalue weighted by Gasteiger charge is 2.49. The Morgan fingerprint density at radius 1 is 0.446 bits per heavy atom. The number of ether oxygens (including phenoxy) is 1. The first kappa shape index (κ1) is 93.2. The Hall–Kier alpha value is -5.81. The summed E-state index contributed by atoms with van der Waals surface area (Å²) in [6.07, 6.45) is -2.44. The predicted molar refractivity (Wildman–Crippen MR) is 400 cm³/mol. The number of carbonyl (C=O) groups excluding carboxylic acids is 12. The summed E-state index contributed by atoms with van der Waals surface area (Å²) in [6.45, 7) is 41.9. The molecule has 1 heterocycles. The van der Waals surface area contributed by atoms with Crippen molar-refractivity contribution in [1.82, 2.24) is 50.7 Å². The van der Waals surface area contributed by atoms with Crippen LogP contribution >= 0.6 is 0 Å². The summed E-state index contributed by atoms with van der Waals surface area (Å²) in [5, 5.41) is 11.6. The van der Waals surface area contributed by atoms with E-state index in [-0.39, 0.29) is 68.1 Å². The Bertz CT molecular complexity index is 2710. The van der Waals surface area contributed by atoms with Gasteiger partial charge in [0, 0.05) is 48.7 Å². The van der Waals surface area contributed by atoms with Crippen LogP contribution < -0.4 is 21.3 Å². The van der Waals surface area contributed by atoms with E-state index in [1.165, 1.54) is 73.7 Å². The van der Waals surface area contributed by atoms with E-state index in [2.05, 4.69) is 21.3 Å². The van der Waals surface area contributed by atoms with Crippen molar-refractivity contribution in [3.05, 3.63) is 0 Å². The van der Waals surface area contributed by atoms with Crippen LogP contribution in [0.4, 0.5) is 0 Å². The number of nitrogens with one attached hydrogen (secondary N) is 4. The zero-order chi connectivity index (χ0) is 78.2. The molecule has 0 saturated carbocycles. The first-order valence-electron chi connectivity index (χ1n) is 37.6. The number of likely N-dealkylation sites (N-methyl/N-ethyl adjacent to an activating group) is 6. The second-order valence-electron chi connectivity index (χ2n) is 31.5. The summed E-state index contributed by atoms with van der Waals surface area (Å²) in [5.74, 6) is -10.9. The fraction of sp³-hybridized carbons (Fsp3) is 0.838. The van der Waals surface area contributed by atoms with Crippen LogP contribution in [0.1, 0.15) is 198 Å². The Kier molecular flexibility index (Phi) is 39.5. The second-order valence-corrected chi connectivity index (χ2v) is 41.0. The molecule has 1 fully saturated rings. The van der Waals surface area contributed by atoms with Crippen LogP contribution in [0, 0.1) is 47.3 Å². The third kappa shape index (κ3) is 26.7. The molecule has 0 bridgehead atoms. The Morgan fingerprint density at radius 3 is 1.21 bits per heavy atom. The number of nitrogens with zero attached hydrogens (tertiary/aromatic N) is 6. The molecule has 0 radical (unpaired) electrons. The van der Waals surface area contributed by atoms with Gasteiger partial charge in [0.1, 0.15) is 60.7 Å². The zero-order valence-electron chi connectivity index (χ0n) is 67.6. The average molecular weight is 1460 g/mol. The van der Waals surface area contributed by atoms with Crippen LogP contribution in [0.3, 0.4) is 0 Å². The lowest BCUT2D eigenvalue weighted by Gasteiger charge is -2.44. The highest BCUT2D eigenvalue weighted by atomic mass is 28.4. The SMILES string of the molecule is CC[Si](CC)(CC)O[C@H]([C@H](C)CC=O)[C@@H]1C(=O)N[C@@H]([C@@H](C)O[Si](CC)(CC)CC)C(=O)N(C)CC(=O)N(C)[C@@H](CC(C)C)C(=O)N[C@H](CC(C)C)C(=O)N(C)[C@H](CC(C)C)C(=O)N[C@@H](C)C(=O)O[C@@H](C(C)C)C(=O)N(C)[C@H](CC(C)C)C(=O)N[C@@H](CC(C)C)C(=O)N(C)[C@H](C(C)C)C(=O)N1C. The third-order valence-corrected chi connectivity index (χ3v) is 29.8. The van der Waals surface area contributed by atoms with Gasteiger partial charge in [0.25, 0.3) is 5.91 Å². The Morgan fingerprint density at radius 2 is 0.822 bits per heavy atom. The minimum atomic E-state index is -2.78. The number of carbonyl (C=O) groups is 12. The van der Waals surface area contributed by atoms with Crippen LogP contribution in [0.5, 0.6) is 0 Å². The Balaban J connectivity index is 4.84. The fourth-order valence-electron chi connectivity index (χ4n) is 13.5. The molecule has 1 saturated heterocycles. The third-order valence-electron chi connectivity index (χ3n) is 20.4. The van der Waals surface area contributed by atoms with E-state index in [0.717, 1.165) is 11.2 Å². The van der Waals surface area contributed by atoms with Crippen LogP contribution in [-0.2, 0) is 71.1 Å². The number of hydrogen-bond acceptors (Lipinski definition) is 15. The summed E-state index contributed by atoms with van der Waals surface area (Å²) >= 11 is 0. The zero-order valence-corrected chi connectivity index (χ0v) is 69.6. The molecule has 1 aliphatic rings. The van der Waals surface area contributed by atoms with Crippen molar-refractivity contribution >= 4 is 88.0 Å². The molecule has 0 aliphatic carbocycles. The van der Waals surface area contributed by atoms with E-state index in [1.54, 1.807) is 41.5 Å². The summed E-state index contributed by atoms with van der Waals surface area (Å²) in [6, 6.07) is -7.99. The number of aldehydes is 1. The average Bonchev–Trinajstić information content (AvgIpc) is 0.791. The minimum Gasteiger partial charge on any atom is -0.450 e. The van der Waals surface area contributed by atoms with Gasteiger partial charge in [-0.15, -0.1) is 0 Å². The van der Waals surface area contributed by atoms with Gasteiger partial charge in [0.05, 0.1) is 18.8 Å². The lowest BCUT2D eigenvalue weighted by atomic mass is 9.92. The number of esters is 1. The molecule has 0 aromatic carbocycles. The van der Waals surface area contributed by atoms with Crippen LogP contribution in [0.25, 0.3) is 0 Å². The number of rotatable bonds is 27. The number of cyclic esters (lactones) is 1. The fourth-order valence-corrected chi connectivity index (χ4v) is 19.4. The molecular weight excluding hydrogens is 1330 g/mol. The van der Waals surface area contributed by atoms with E-state index >= 15 is 24.0 Å². The van der Waals surface area contributed by atoms with Gasteiger partial charge in [0.15, 0.2) is 22.7 Å². The molecule has 1 aliphatic heterocycles. The van der Waals surface area contributed by atoms with Gasteiger partial charge in [-0.1, -0.05) is 145 Å². The Labute approximate surface area is 609 Å². The van der Waals surface area contributed by atoms with Crippen molar-refractivity contribution in [2.45, 2.75) is 307 Å². The standard InChI is InChI=1S/C74H138N10O15Si2/c1-30-100(31-2,32-3)98-53(23)60-71(93)79(24)43-59(86)80(25)56(40-46(11)12)66(88)76-54(38-44(7)8)69(91)81(26)57(41-47(13)14)65(87)75-52(22)74(96)97-63(50(19)20)73(95)82(27)58(42-48(15)16)67(89)77-55(39-45(9)10)70(92)83(28)61(49(17)18)72(94)84(29)62(68(90)78-60)64(51(21)36-37-85)99-101(33-4,34-5)35-6/h37,44-58,60-64H,30-36,38-43H2,1-29H3,(H,75,87)(H,76,88)(H,77,89)(H,78,90)/t51-,52+,53-,54-,55+,56+,57-,58-,60+,61-,62-,63+,64-/m1/s1. The number of hydrogen-bond donors (Lipinski definition) is 4. The maximum absolute atomic E-state index is 16.2. The quantitative estimate of drug-likeness (QED) is 0.0344. The molecular formula is C74H138N10O15Si2. The summed E-state index contributed by atoms with van der Waals surface area (Å²) in [5.41, 5.74) is 0. The van der Waals surface area contributed by atoms with E-state index in [9.17, 15) is 33.6 Å². The molecule has 0 spiro atoms. The molecule has 0 unspecified atom stereocenters. The van der Waals surface area contributed by atoms with Crippen molar-refractivity contribution < 1.29 is 71.1 Å².